The molecular formula is C21H27N5O2S. The van der Waals surface area contributed by atoms with E-state index in [1.165, 1.54) is 23.0 Å². The summed E-state index contributed by atoms with van der Waals surface area (Å²) in [6.07, 6.45) is 3.86. The summed E-state index contributed by atoms with van der Waals surface area (Å²) in [5.41, 5.74) is 2.28. The highest BCUT2D eigenvalue weighted by Gasteiger charge is 2.06. The van der Waals surface area contributed by atoms with Crippen LogP contribution in [0.2, 0.25) is 0 Å². The Kier molecular flexibility index (Phi) is 6.90. The molecular weight excluding hydrogens is 386 g/mol. The molecule has 0 spiro atoms. The summed E-state index contributed by atoms with van der Waals surface area (Å²) in [6.45, 7) is 2.44. The van der Waals surface area contributed by atoms with E-state index in [0.29, 0.717) is 6.54 Å². The fourth-order valence-corrected chi connectivity index (χ4v) is 3.70. The summed E-state index contributed by atoms with van der Waals surface area (Å²) in [7, 11) is -1.90. The van der Waals surface area contributed by atoms with Gasteiger partial charge in [0.15, 0.2) is 5.96 Å². The lowest BCUT2D eigenvalue weighted by Gasteiger charge is -2.12. The Morgan fingerprint density at radius 1 is 1.03 bits per heavy atom. The molecule has 7 nitrogen and oxygen atoms in total. The lowest BCUT2D eigenvalue weighted by molar-refractivity contribution is 0.598. The van der Waals surface area contributed by atoms with Gasteiger partial charge in [-0.1, -0.05) is 30.3 Å². The first-order valence-electron chi connectivity index (χ1n) is 9.57. The third-order valence-corrected chi connectivity index (χ3v) is 5.66. The average Bonchev–Trinajstić information content (AvgIpc) is 3.12. The minimum atomic E-state index is -3.65. The third kappa shape index (κ3) is 5.82. The third-order valence-electron chi connectivity index (χ3n) is 4.73. The van der Waals surface area contributed by atoms with Crippen molar-refractivity contribution >= 4 is 26.9 Å². The van der Waals surface area contributed by atoms with Crippen molar-refractivity contribution < 1.29 is 8.42 Å². The van der Waals surface area contributed by atoms with Crippen LogP contribution >= 0.6 is 0 Å². The van der Waals surface area contributed by atoms with Crippen molar-refractivity contribution in [3.05, 3.63) is 66.4 Å². The number of fused-ring (bicyclic) bond motifs is 1. The van der Waals surface area contributed by atoms with E-state index in [4.69, 9.17) is 5.14 Å². The number of hydrogen-bond donors (Lipinski definition) is 3. The Hall–Kier alpha value is -2.84. The van der Waals surface area contributed by atoms with E-state index in [2.05, 4.69) is 56.7 Å². The van der Waals surface area contributed by atoms with E-state index in [-0.39, 0.29) is 4.90 Å². The molecule has 2 aromatic carbocycles. The van der Waals surface area contributed by atoms with Crippen LogP contribution in [0.1, 0.15) is 12.0 Å². The second-order valence-corrected chi connectivity index (χ2v) is 8.35. The molecule has 4 N–H and O–H groups in total. The molecule has 0 aliphatic rings. The largest absolute Gasteiger partial charge is 0.356 e. The number of rotatable bonds is 8. The molecule has 8 heteroatoms. The lowest BCUT2D eigenvalue weighted by Crippen LogP contribution is -2.38. The van der Waals surface area contributed by atoms with Gasteiger partial charge in [-0.2, -0.15) is 0 Å². The predicted octanol–water partition coefficient (Wildman–Crippen LogP) is 2.09. The summed E-state index contributed by atoms with van der Waals surface area (Å²) in [4.78, 5) is 4.37. The molecule has 0 bridgehead atoms. The minimum absolute atomic E-state index is 0.127. The highest BCUT2D eigenvalue weighted by atomic mass is 32.2. The molecule has 154 valence electrons. The van der Waals surface area contributed by atoms with Crippen molar-refractivity contribution in [2.45, 2.75) is 24.3 Å². The quantitative estimate of drug-likeness (QED) is 0.299. The molecule has 0 aliphatic carbocycles. The molecule has 0 atom stereocenters. The van der Waals surface area contributed by atoms with Gasteiger partial charge in [-0.25, -0.2) is 13.6 Å². The monoisotopic (exact) mass is 413 g/mol. The van der Waals surface area contributed by atoms with E-state index in [0.717, 1.165) is 37.5 Å². The molecule has 0 amide bonds. The summed E-state index contributed by atoms with van der Waals surface area (Å²) in [5, 5.41) is 13.0. The van der Waals surface area contributed by atoms with Gasteiger partial charge in [0.05, 0.1) is 4.90 Å². The van der Waals surface area contributed by atoms with Crippen LogP contribution in [0.5, 0.6) is 0 Å². The molecule has 0 fully saturated rings. The summed E-state index contributed by atoms with van der Waals surface area (Å²) >= 11 is 0. The fourth-order valence-electron chi connectivity index (χ4n) is 3.18. The average molecular weight is 414 g/mol. The highest BCUT2D eigenvalue weighted by Crippen LogP contribution is 2.15. The van der Waals surface area contributed by atoms with Crippen LogP contribution in [0.3, 0.4) is 0 Å². The number of nitrogens with two attached hydrogens (primary N) is 1. The second kappa shape index (κ2) is 9.58. The Morgan fingerprint density at radius 3 is 2.48 bits per heavy atom. The molecule has 1 aromatic heterocycles. The zero-order valence-electron chi connectivity index (χ0n) is 16.5. The number of aryl methyl sites for hydroxylation is 1. The van der Waals surface area contributed by atoms with Crippen molar-refractivity contribution in [3.8, 4) is 0 Å². The number of aliphatic imine (C=N–C) groups is 1. The van der Waals surface area contributed by atoms with Gasteiger partial charge in [-0.3, -0.25) is 4.99 Å². The molecule has 0 saturated heterocycles. The SMILES string of the molecule is CN=C(NCCCn1ccc2ccccc21)NCCc1ccc(S(N)(=O)=O)cc1. The van der Waals surface area contributed by atoms with Crippen LogP contribution in [0.4, 0.5) is 0 Å². The van der Waals surface area contributed by atoms with E-state index < -0.39 is 10.0 Å². The van der Waals surface area contributed by atoms with E-state index in [1.807, 2.05) is 0 Å². The number of aromatic nitrogens is 1. The number of benzene rings is 2. The normalized spacial score (nSPS) is 12.3. The molecule has 0 unspecified atom stereocenters. The number of nitrogens with zero attached hydrogens (tertiary/aromatic N) is 2. The van der Waals surface area contributed by atoms with Crippen LogP contribution < -0.4 is 15.8 Å². The molecule has 0 radical (unpaired) electrons. The zero-order chi connectivity index (χ0) is 20.7. The first-order chi connectivity index (χ1) is 14.0. The summed E-state index contributed by atoms with van der Waals surface area (Å²) < 4.78 is 24.8. The Bertz CT molecular complexity index is 1070. The maximum atomic E-state index is 11.3. The number of hydrogen-bond acceptors (Lipinski definition) is 3. The summed E-state index contributed by atoms with van der Waals surface area (Å²) in [5.74, 6) is 0.753. The number of nitrogens with one attached hydrogen (secondary N) is 2. The van der Waals surface area contributed by atoms with Crippen molar-refractivity contribution in [3.63, 3.8) is 0 Å². The maximum Gasteiger partial charge on any atom is 0.238 e. The van der Waals surface area contributed by atoms with E-state index >= 15 is 0 Å². The predicted molar refractivity (Wildman–Crippen MR) is 117 cm³/mol. The Labute approximate surface area is 171 Å². The topological polar surface area (TPSA) is 102 Å². The van der Waals surface area contributed by atoms with Gasteiger partial charge >= 0.3 is 0 Å². The molecule has 3 aromatic rings. The molecule has 0 aliphatic heterocycles. The first kappa shape index (κ1) is 20.9. The van der Waals surface area contributed by atoms with Gasteiger partial charge in [0.25, 0.3) is 0 Å². The molecule has 1 heterocycles. The smallest absolute Gasteiger partial charge is 0.238 e. The van der Waals surface area contributed by atoms with Crippen molar-refractivity contribution in [1.82, 2.24) is 15.2 Å². The Morgan fingerprint density at radius 2 is 1.76 bits per heavy atom. The van der Waals surface area contributed by atoms with Gasteiger partial charge in [-0.15, -0.1) is 0 Å². The van der Waals surface area contributed by atoms with E-state index in [9.17, 15) is 8.42 Å². The lowest BCUT2D eigenvalue weighted by atomic mass is 10.1. The molecule has 0 saturated carbocycles. The van der Waals surface area contributed by atoms with Gasteiger partial charge in [0, 0.05) is 38.4 Å². The minimum Gasteiger partial charge on any atom is -0.356 e. The number of primary sulfonamides is 1. The standard InChI is InChI=1S/C21H27N5O2S/c1-23-21(25-14-11-17-7-9-19(10-8-17)29(22,27)28)24-13-4-15-26-16-12-18-5-2-3-6-20(18)26/h2-3,5-10,12,16H,4,11,13-15H2,1H3,(H2,22,27,28)(H2,23,24,25). The number of sulfonamides is 1. The van der Waals surface area contributed by atoms with Gasteiger partial charge in [0.1, 0.15) is 0 Å². The number of para-hydroxylation sites is 1. The van der Waals surface area contributed by atoms with Crippen molar-refractivity contribution in [2.75, 3.05) is 20.1 Å². The zero-order valence-corrected chi connectivity index (χ0v) is 17.3. The van der Waals surface area contributed by atoms with Gasteiger partial charge < -0.3 is 15.2 Å². The van der Waals surface area contributed by atoms with Crippen molar-refractivity contribution in [2.24, 2.45) is 10.1 Å². The van der Waals surface area contributed by atoms with Crippen LogP contribution in [0.15, 0.2) is 70.7 Å². The van der Waals surface area contributed by atoms with Crippen LogP contribution in [-0.2, 0) is 23.0 Å². The summed E-state index contributed by atoms with van der Waals surface area (Å²) in [6, 6.07) is 17.1. The first-order valence-corrected chi connectivity index (χ1v) is 11.1. The van der Waals surface area contributed by atoms with Crippen LogP contribution in [-0.4, -0.2) is 39.1 Å². The van der Waals surface area contributed by atoms with Crippen LogP contribution in [0.25, 0.3) is 10.9 Å². The number of guanidine groups is 1. The highest BCUT2D eigenvalue weighted by molar-refractivity contribution is 7.89. The van der Waals surface area contributed by atoms with Crippen molar-refractivity contribution in [1.29, 1.82) is 0 Å². The van der Waals surface area contributed by atoms with Gasteiger partial charge in [0.2, 0.25) is 10.0 Å². The molecule has 3 rings (SSSR count). The van der Waals surface area contributed by atoms with Crippen LogP contribution in [0, 0.1) is 0 Å². The molecule has 29 heavy (non-hydrogen) atoms. The fraction of sp³-hybridized carbons (Fsp3) is 0.286. The van der Waals surface area contributed by atoms with Gasteiger partial charge in [-0.05, 0) is 48.1 Å². The van der Waals surface area contributed by atoms with E-state index in [1.54, 1.807) is 19.2 Å². The maximum absolute atomic E-state index is 11.3. The second-order valence-electron chi connectivity index (χ2n) is 6.79. The Balaban J connectivity index is 1.39.